The van der Waals surface area contributed by atoms with Crippen LogP contribution in [0, 0.1) is 175 Å². The molecule has 0 amide bonds. The Balaban J connectivity index is 0.000000229. The van der Waals surface area contributed by atoms with Crippen molar-refractivity contribution in [2.45, 2.75) is 95.5 Å². The second-order valence-electron chi connectivity index (χ2n) is 20.7. The van der Waals surface area contributed by atoms with Crippen LogP contribution in [0.3, 0.4) is 0 Å². The molecule has 3 nitrogen and oxygen atoms in total. The zero-order valence-electron chi connectivity index (χ0n) is 48.8. The topological polar surface area (TPSA) is 37.9 Å². The minimum absolute atomic E-state index is 1.01. The summed E-state index contributed by atoms with van der Waals surface area (Å²) >= 11 is -1.05. The van der Waals surface area contributed by atoms with E-state index >= 15 is 0 Å². The van der Waals surface area contributed by atoms with E-state index in [-0.39, 0.29) is 0 Å². The summed E-state index contributed by atoms with van der Waals surface area (Å²) in [5.41, 5.74) is -13.8. The van der Waals surface area contributed by atoms with Gasteiger partial charge in [0, 0.05) is 39.2 Å². The monoisotopic (exact) mass is 1420 g/mol. The number of hydrogen-bond donors (Lipinski definition) is 1. The number of halogens is 30. The van der Waals surface area contributed by atoms with Crippen LogP contribution in [-0.2, 0) is 6.42 Å². The number of nitrogens with one attached hydrogen (secondary N) is 1. The van der Waals surface area contributed by atoms with Gasteiger partial charge in [0.15, 0.2) is 175 Å². The normalized spacial score (nSPS) is 11.3. The van der Waals surface area contributed by atoms with Crippen LogP contribution >= 0.6 is 0 Å². The molecule has 1 aromatic heterocycles. The molecule has 0 aliphatic rings. The molecule has 514 valence electrons. The first kappa shape index (κ1) is 77.1. The first-order valence-electron chi connectivity index (χ1n) is 28.0. The molecule has 0 radical (unpaired) electrons. The Morgan fingerprint density at radius 3 is 0.750 bits per heavy atom. The highest BCUT2D eigenvalue weighted by Gasteiger charge is 2.47. The Hall–Kier alpha value is -7.89. The van der Waals surface area contributed by atoms with Crippen molar-refractivity contribution in [1.29, 1.82) is 0 Å². The third-order valence-corrected chi connectivity index (χ3v) is 17.1. The minimum Gasteiger partial charge on any atom is -0.643 e. The van der Waals surface area contributed by atoms with E-state index in [2.05, 4.69) is 55.0 Å². The highest BCUT2D eigenvalue weighted by atomic mass is 27.2. The molecule has 96 heavy (non-hydrogen) atoms. The molecule has 0 saturated heterocycles. The number of imidazole rings is 1. The Kier molecular flexibility index (Phi) is 26.1. The highest BCUT2D eigenvalue weighted by Crippen LogP contribution is 2.28. The number of benzene rings is 7. The molecular formula is C60H39AlB2F30N2O. The predicted octanol–water partition coefficient (Wildman–Crippen LogP) is 16.1. The van der Waals surface area contributed by atoms with Gasteiger partial charge in [-0.2, -0.15) is 0 Å². The molecule has 0 aliphatic heterocycles. The Morgan fingerprint density at radius 2 is 0.521 bits per heavy atom. The van der Waals surface area contributed by atoms with Crippen molar-refractivity contribution in [3.05, 3.63) is 211 Å². The highest BCUT2D eigenvalue weighted by molar-refractivity contribution is 6.96. The van der Waals surface area contributed by atoms with Crippen LogP contribution in [-0.4, -0.2) is 37.9 Å². The molecule has 1 heterocycles. The number of unbranched alkanes of at least 4 members (excludes halogenated alkanes) is 8. The quantitative estimate of drug-likeness (QED) is 0.0256. The molecule has 0 atom stereocenters. The first-order valence-corrected chi connectivity index (χ1v) is 30.1. The molecule has 0 aliphatic carbocycles. The first-order chi connectivity index (χ1) is 45.1. The number of H-pyrrole nitrogens is 1. The molecule has 1 N–H and O–H groups in total. The summed E-state index contributed by atoms with van der Waals surface area (Å²) in [7, 11) is 0. The molecule has 7 aromatic carbocycles. The summed E-state index contributed by atoms with van der Waals surface area (Å²) < 4.78 is 423. The van der Waals surface area contributed by atoms with Crippen LogP contribution in [0.25, 0.3) is 11.3 Å². The van der Waals surface area contributed by atoms with Gasteiger partial charge in [-0.3, -0.25) is 0 Å². The summed E-state index contributed by atoms with van der Waals surface area (Å²) in [5, 5.41) is 2.36. The van der Waals surface area contributed by atoms with E-state index in [1.165, 1.54) is 73.9 Å². The van der Waals surface area contributed by atoms with Gasteiger partial charge in [0.1, 0.15) is 5.82 Å². The maximum absolute atomic E-state index is 14.4. The smallest absolute Gasteiger partial charge is 0.546 e. The average Bonchev–Trinajstić information content (AvgIpc) is 0.901. The number of rotatable bonds is 21. The van der Waals surface area contributed by atoms with Gasteiger partial charge in [-0.15, -0.1) is 0 Å². The van der Waals surface area contributed by atoms with Gasteiger partial charge in [0.05, 0.1) is 17.6 Å². The van der Waals surface area contributed by atoms with Gasteiger partial charge in [0.2, 0.25) is 0 Å². The second-order valence-corrected chi connectivity index (χ2v) is 23.8. The molecule has 0 fully saturated rings. The number of aryl methyl sites for hydroxylation is 1. The van der Waals surface area contributed by atoms with Crippen molar-refractivity contribution < 1.29 is 136 Å². The largest absolute Gasteiger partial charge is 0.643 e. The Labute approximate surface area is 528 Å². The predicted molar refractivity (Wildman–Crippen MR) is 289 cm³/mol. The number of aromatic amines is 1. The molecule has 0 unspecified atom stereocenters. The summed E-state index contributed by atoms with van der Waals surface area (Å²) in [4.78, 5) is 8.07. The van der Waals surface area contributed by atoms with E-state index in [0.717, 1.165) is 23.7 Å². The molecular weight excluding hydrogens is 1380 g/mol. The third-order valence-electron chi connectivity index (χ3n) is 14.7. The van der Waals surface area contributed by atoms with E-state index in [1.807, 2.05) is 6.20 Å². The lowest BCUT2D eigenvalue weighted by atomic mass is 9.36. The van der Waals surface area contributed by atoms with E-state index in [0.29, 0.717) is 0 Å². The fraction of sp³-hybridized carbons (Fsp3) is 0.250. The van der Waals surface area contributed by atoms with Gasteiger partial charge in [-0.1, -0.05) is 82.7 Å². The summed E-state index contributed by atoms with van der Waals surface area (Å²) in [6.45, 7) is -1.18. The summed E-state index contributed by atoms with van der Waals surface area (Å²) in [5.74, 6) is -88.3. The lowest BCUT2D eigenvalue weighted by molar-refractivity contribution is 0.380. The van der Waals surface area contributed by atoms with Crippen LogP contribution < -0.4 is 36.6 Å². The minimum atomic E-state index is -3.96. The van der Waals surface area contributed by atoms with Gasteiger partial charge in [-0.05, 0) is 36.2 Å². The fourth-order valence-corrected chi connectivity index (χ4v) is 11.2. The van der Waals surface area contributed by atoms with E-state index in [1.54, 1.807) is 0 Å². The zero-order valence-corrected chi connectivity index (χ0v) is 50.0. The van der Waals surface area contributed by atoms with E-state index in [9.17, 15) is 132 Å². The average molecular weight is 1420 g/mol. The van der Waals surface area contributed by atoms with Crippen molar-refractivity contribution in [1.82, 2.24) is 9.97 Å². The van der Waals surface area contributed by atoms with Crippen LogP contribution in [0.1, 0.15) is 84.4 Å². The number of nitrogens with zero attached hydrogens (tertiary/aromatic N) is 1. The van der Waals surface area contributed by atoms with Crippen molar-refractivity contribution in [2.75, 3.05) is 0 Å². The molecule has 8 rings (SSSR count). The maximum Gasteiger partial charge on any atom is 0.546 e. The van der Waals surface area contributed by atoms with E-state index in [4.69, 9.17) is 3.79 Å². The van der Waals surface area contributed by atoms with Gasteiger partial charge in [0.25, 0.3) is 13.4 Å². The third kappa shape index (κ3) is 15.3. The van der Waals surface area contributed by atoms with E-state index < -0.39 is 235 Å². The van der Waals surface area contributed by atoms with Gasteiger partial charge < -0.3 is 8.77 Å². The molecule has 36 heteroatoms. The lowest BCUT2D eigenvalue weighted by Gasteiger charge is -2.21. The Bertz CT molecular complexity index is 3500. The lowest BCUT2D eigenvalue weighted by Crippen LogP contribution is -2.60. The summed E-state index contributed by atoms with van der Waals surface area (Å²) in [6, 6.07) is 8.48. The van der Waals surface area contributed by atoms with Gasteiger partial charge in [-0.25, -0.2) is 137 Å². The summed E-state index contributed by atoms with van der Waals surface area (Å²) in [6.07, 6.45) is 15.3. The molecule has 0 bridgehead atoms. The zero-order chi connectivity index (χ0) is 72.0. The standard InChI is InChI=1S/C20H30N2O.2C18BF15.2C2H5.Al/c1-2-3-4-5-6-7-8-9-10-11-20-21-16-19(22-20)17-12-14-18(23)15-13-17;2*20-4-1(5(21)11(27)16(32)10(4)26)19(2-6(22)12(28)17(33)13(29)7(2)23)3-8(24)14(30)18(34)15(31)9(3)25;2*1-2;/h12-16,23H,2-11H2,1H3,(H,21,22);;;2*1H2,2H3;/q;;;;;+1/p-1. The SMILES string of the molecule is CCCCCCCCCCCc1ncc(-c2ccc([O][Al]([CH2]C)[CH2]C)cc2)[nH]1.Fc1c(F)c(F)c(B(c2c(F)c(F)c(F)c(F)c2F)c2c(F)c(F)c(F)c(F)c2F)c(F)c1F.Fc1c(F)c(F)c(B(c2c(F)c(F)c(F)c(F)c2F)c2c(F)c(F)c(F)c(F)c2F)c(F)c1F. The molecule has 0 saturated carbocycles. The van der Waals surface area contributed by atoms with Crippen LogP contribution in [0.15, 0.2) is 30.5 Å². The maximum atomic E-state index is 14.4. The van der Waals surface area contributed by atoms with Gasteiger partial charge >= 0.3 is 14.5 Å². The second kappa shape index (κ2) is 32.4. The number of hydrogen-bond acceptors (Lipinski definition) is 2. The van der Waals surface area contributed by atoms with Crippen molar-refractivity contribution in [2.24, 2.45) is 0 Å². The van der Waals surface area contributed by atoms with Crippen LogP contribution in [0.2, 0.25) is 10.6 Å². The van der Waals surface area contributed by atoms with Crippen molar-refractivity contribution in [3.63, 3.8) is 0 Å². The van der Waals surface area contributed by atoms with Crippen LogP contribution in [0.5, 0.6) is 5.75 Å². The number of aromatic nitrogens is 2. The van der Waals surface area contributed by atoms with Crippen LogP contribution in [0.4, 0.5) is 132 Å². The van der Waals surface area contributed by atoms with Crippen molar-refractivity contribution in [3.8, 4) is 17.0 Å². The Morgan fingerprint density at radius 1 is 0.302 bits per heavy atom. The fourth-order valence-electron chi connectivity index (χ4n) is 9.72. The van der Waals surface area contributed by atoms with Crippen molar-refractivity contribution >= 4 is 60.7 Å². The molecule has 8 aromatic rings. The molecule has 0 spiro atoms.